The van der Waals surface area contributed by atoms with Gasteiger partial charge in [0.25, 0.3) is 11.8 Å². The Balaban J connectivity index is 2.05. The first-order chi connectivity index (χ1) is 11.9. The van der Waals surface area contributed by atoms with Gasteiger partial charge >= 0.3 is 0 Å². The average Bonchev–Trinajstić information content (AvgIpc) is 2.58. The van der Waals surface area contributed by atoms with Crippen LogP contribution in [0.5, 0.6) is 11.5 Å². The van der Waals surface area contributed by atoms with Gasteiger partial charge in [-0.25, -0.2) is 4.39 Å². The number of hydrogen-bond acceptors (Lipinski definition) is 4. The van der Waals surface area contributed by atoms with Crippen molar-refractivity contribution in [3.63, 3.8) is 0 Å². The van der Waals surface area contributed by atoms with E-state index in [-0.39, 0.29) is 18.7 Å². The van der Waals surface area contributed by atoms with E-state index < -0.39 is 17.6 Å². The van der Waals surface area contributed by atoms with Crippen molar-refractivity contribution in [3.05, 3.63) is 57.8 Å². The normalized spacial score (nSPS) is 10.2. The smallest absolute Gasteiger partial charge is 0.255 e. The second-order valence-electron chi connectivity index (χ2n) is 5.05. The summed E-state index contributed by atoms with van der Waals surface area (Å²) in [7, 11) is 1.45. The van der Waals surface area contributed by atoms with Crippen molar-refractivity contribution in [3.8, 4) is 11.5 Å². The van der Waals surface area contributed by atoms with Gasteiger partial charge in [0.1, 0.15) is 5.82 Å². The molecule has 0 aromatic heterocycles. The average molecular weight is 411 g/mol. The summed E-state index contributed by atoms with van der Waals surface area (Å²) in [6, 6.07) is 9.15. The largest absolute Gasteiger partial charge is 0.493 e. The molecule has 0 saturated carbocycles. The van der Waals surface area contributed by atoms with Crippen LogP contribution < -0.4 is 20.5 Å². The minimum atomic E-state index is -0.611. The molecule has 0 atom stereocenters. The van der Waals surface area contributed by atoms with Gasteiger partial charge < -0.3 is 20.5 Å². The van der Waals surface area contributed by atoms with E-state index in [1.165, 1.54) is 19.2 Å². The maximum Gasteiger partial charge on any atom is 0.255 e. The van der Waals surface area contributed by atoms with Gasteiger partial charge in [-0.1, -0.05) is 22.0 Å². The molecule has 2 rings (SSSR count). The first-order valence-corrected chi connectivity index (χ1v) is 8.01. The van der Waals surface area contributed by atoms with Crippen LogP contribution in [-0.2, 0) is 11.3 Å². The van der Waals surface area contributed by atoms with Gasteiger partial charge in [-0.2, -0.15) is 0 Å². The Morgan fingerprint density at radius 2 is 1.96 bits per heavy atom. The number of amides is 2. The molecule has 0 radical (unpaired) electrons. The molecule has 0 aliphatic heterocycles. The molecular formula is C17H16BrFN2O4. The van der Waals surface area contributed by atoms with Gasteiger partial charge in [0.2, 0.25) is 0 Å². The summed E-state index contributed by atoms with van der Waals surface area (Å²) in [5.41, 5.74) is 5.71. The van der Waals surface area contributed by atoms with E-state index in [0.29, 0.717) is 21.5 Å². The third-order valence-electron chi connectivity index (χ3n) is 3.23. The van der Waals surface area contributed by atoms with Gasteiger partial charge in [-0.3, -0.25) is 9.59 Å². The lowest BCUT2D eigenvalue weighted by Crippen LogP contribution is -2.24. The number of carbonyl (C=O) groups is 2. The minimum absolute atomic E-state index is 0.0448. The molecule has 2 aromatic rings. The molecule has 2 aromatic carbocycles. The van der Waals surface area contributed by atoms with Gasteiger partial charge in [-0.05, 0) is 35.9 Å². The minimum Gasteiger partial charge on any atom is -0.493 e. The van der Waals surface area contributed by atoms with Crippen molar-refractivity contribution >= 4 is 27.7 Å². The van der Waals surface area contributed by atoms with Gasteiger partial charge in [-0.15, -0.1) is 0 Å². The van der Waals surface area contributed by atoms with Gasteiger partial charge in [0.15, 0.2) is 18.1 Å². The molecule has 0 saturated heterocycles. The number of rotatable bonds is 7. The van der Waals surface area contributed by atoms with Crippen LogP contribution in [-0.4, -0.2) is 25.5 Å². The van der Waals surface area contributed by atoms with Crippen LogP contribution in [0.3, 0.4) is 0 Å². The zero-order valence-corrected chi connectivity index (χ0v) is 14.9. The van der Waals surface area contributed by atoms with E-state index in [1.54, 1.807) is 24.3 Å². The quantitative estimate of drug-likeness (QED) is 0.732. The molecule has 25 heavy (non-hydrogen) atoms. The highest BCUT2D eigenvalue weighted by molar-refractivity contribution is 9.10. The van der Waals surface area contributed by atoms with Crippen LogP contribution in [0.1, 0.15) is 15.9 Å². The number of primary amides is 1. The van der Waals surface area contributed by atoms with E-state index in [0.717, 1.165) is 0 Å². The molecule has 0 aliphatic rings. The van der Waals surface area contributed by atoms with Crippen LogP contribution in [0.2, 0.25) is 0 Å². The third-order valence-corrected chi connectivity index (χ3v) is 3.72. The standard InChI is InChI=1S/C17H16BrFN2O4/c1-24-15-6-10(2-5-14(15)25-9-16(20)22)8-21-17(23)12-4-3-11(18)7-13(12)19/h2-7H,8-9H2,1H3,(H2,20,22)(H,21,23). The summed E-state index contributed by atoms with van der Waals surface area (Å²) in [5.74, 6) is -0.995. The SMILES string of the molecule is COc1cc(CNC(=O)c2ccc(Br)cc2F)ccc1OCC(N)=O. The Morgan fingerprint density at radius 1 is 1.20 bits per heavy atom. The van der Waals surface area contributed by atoms with Crippen LogP contribution in [0, 0.1) is 5.82 Å². The number of halogens is 2. The fraction of sp³-hybridized carbons (Fsp3) is 0.176. The Kier molecular flexibility index (Phi) is 6.35. The van der Waals surface area contributed by atoms with E-state index >= 15 is 0 Å². The number of benzene rings is 2. The predicted octanol–water partition coefficient (Wildman–Crippen LogP) is 2.39. The second-order valence-corrected chi connectivity index (χ2v) is 5.96. The maximum atomic E-state index is 13.8. The lowest BCUT2D eigenvalue weighted by atomic mass is 10.1. The molecule has 3 N–H and O–H groups in total. The van der Waals surface area contributed by atoms with Gasteiger partial charge in [0.05, 0.1) is 12.7 Å². The van der Waals surface area contributed by atoms with Crippen molar-refractivity contribution in [2.75, 3.05) is 13.7 Å². The molecule has 6 nitrogen and oxygen atoms in total. The van der Waals surface area contributed by atoms with Crippen molar-refractivity contribution < 1.29 is 23.5 Å². The van der Waals surface area contributed by atoms with E-state index in [1.807, 2.05) is 0 Å². The van der Waals surface area contributed by atoms with Crippen LogP contribution in [0.4, 0.5) is 4.39 Å². The lowest BCUT2D eigenvalue weighted by Gasteiger charge is -2.12. The molecule has 8 heteroatoms. The fourth-order valence-electron chi connectivity index (χ4n) is 2.04. The molecule has 0 unspecified atom stereocenters. The van der Waals surface area contributed by atoms with E-state index in [9.17, 15) is 14.0 Å². The molecule has 0 aliphatic carbocycles. The highest BCUT2D eigenvalue weighted by atomic mass is 79.9. The van der Waals surface area contributed by atoms with Crippen LogP contribution in [0.25, 0.3) is 0 Å². The van der Waals surface area contributed by atoms with Gasteiger partial charge in [0, 0.05) is 11.0 Å². The topological polar surface area (TPSA) is 90.7 Å². The van der Waals surface area contributed by atoms with Crippen molar-refractivity contribution in [1.82, 2.24) is 5.32 Å². The molecule has 0 spiro atoms. The summed E-state index contributed by atoms with van der Waals surface area (Å²) in [4.78, 5) is 22.9. The Hall–Kier alpha value is -2.61. The fourth-order valence-corrected chi connectivity index (χ4v) is 2.37. The highest BCUT2D eigenvalue weighted by Crippen LogP contribution is 2.28. The summed E-state index contributed by atoms with van der Waals surface area (Å²) < 4.78 is 24.7. The number of carbonyl (C=O) groups excluding carboxylic acids is 2. The number of nitrogens with two attached hydrogens (primary N) is 1. The van der Waals surface area contributed by atoms with Crippen LogP contribution >= 0.6 is 15.9 Å². The number of ether oxygens (including phenoxy) is 2. The molecular weight excluding hydrogens is 395 g/mol. The first-order valence-electron chi connectivity index (χ1n) is 7.22. The zero-order chi connectivity index (χ0) is 18.4. The van der Waals surface area contributed by atoms with E-state index in [2.05, 4.69) is 21.2 Å². The molecule has 132 valence electrons. The monoisotopic (exact) mass is 410 g/mol. The molecule has 0 heterocycles. The number of hydrogen-bond donors (Lipinski definition) is 2. The third kappa shape index (κ3) is 5.18. The lowest BCUT2D eigenvalue weighted by molar-refractivity contribution is -0.119. The number of methoxy groups -OCH3 is 1. The second kappa shape index (κ2) is 8.48. The summed E-state index contributed by atoms with van der Waals surface area (Å²) in [5, 5.41) is 2.63. The predicted molar refractivity (Wildman–Crippen MR) is 93.0 cm³/mol. The molecule has 0 bridgehead atoms. The van der Waals surface area contributed by atoms with Crippen molar-refractivity contribution in [2.24, 2.45) is 5.73 Å². The summed E-state index contributed by atoms with van der Waals surface area (Å²) >= 11 is 3.14. The summed E-state index contributed by atoms with van der Waals surface area (Å²) in [6.07, 6.45) is 0. The molecule has 2 amide bonds. The Morgan fingerprint density at radius 3 is 2.60 bits per heavy atom. The Bertz CT molecular complexity index is 798. The highest BCUT2D eigenvalue weighted by Gasteiger charge is 2.12. The van der Waals surface area contributed by atoms with Crippen molar-refractivity contribution in [1.29, 1.82) is 0 Å². The van der Waals surface area contributed by atoms with E-state index in [4.69, 9.17) is 15.2 Å². The number of nitrogens with one attached hydrogen (secondary N) is 1. The zero-order valence-electron chi connectivity index (χ0n) is 13.3. The maximum absolute atomic E-state index is 13.8. The molecule has 0 fully saturated rings. The first kappa shape index (κ1) is 18.7. The van der Waals surface area contributed by atoms with Crippen molar-refractivity contribution in [2.45, 2.75) is 6.54 Å². The Labute approximate surface area is 152 Å². The van der Waals surface area contributed by atoms with Crippen LogP contribution in [0.15, 0.2) is 40.9 Å². The summed E-state index contributed by atoms with van der Waals surface area (Å²) in [6.45, 7) is -0.101.